The molecule has 7 nitrogen and oxygen atoms in total. The van der Waals surface area contributed by atoms with Crippen molar-refractivity contribution in [1.29, 1.82) is 0 Å². The molecule has 0 saturated heterocycles. The Labute approximate surface area is 255 Å². The van der Waals surface area contributed by atoms with Gasteiger partial charge in [-0.05, 0) is 96.5 Å². The molecule has 0 heterocycles. The lowest BCUT2D eigenvalue weighted by atomic mass is 9.95. The highest BCUT2D eigenvalue weighted by molar-refractivity contribution is 14.1. The van der Waals surface area contributed by atoms with Crippen molar-refractivity contribution >= 4 is 61.7 Å². The zero-order valence-corrected chi connectivity index (χ0v) is 26.0. The third-order valence-corrected chi connectivity index (χ3v) is 9.87. The Balaban J connectivity index is 1.65. The largest absolute Gasteiger partial charge is 0.352 e. The fraction of sp³-hybridized carbons (Fsp3) is 0.333. The summed E-state index contributed by atoms with van der Waals surface area (Å²) in [4.78, 5) is 28.9. The molecule has 10 heteroatoms. The smallest absolute Gasteiger partial charge is 0.264 e. The van der Waals surface area contributed by atoms with Crippen LogP contribution in [0.15, 0.2) is 83.8 Å². The number of nitrogens with one attached hydrogen (secondary N) is 1. The molecule has 0 spiro atoms. The molecule has 0 radical (unpaired) electrons. The number of carbonyl (C=O) groups excluding carboxylic acids is 2. The van der Waals surface area contributed by atoms with Crippen molar-refractivity contribution in [2.45, 2.75) is 62.6 Å². The molecule has 0 aliphatic heterocycles. The van der Waals surface area contributed by atoms with E-state index < -0.39 is 28.5 Å². The van der Waals surface area contributed by atoms with E-state index in [2.05, 4.69) is 27.9 Å². The van der Waals surface area contributed by atoms with Crippen LogP contribution in [0.1, 0.15) is 44.6 Å². The standard InChI is InChI=1S/C30H33ClIN3O4S/c1-22(30(37)33-26-8-4-2-5-9-26)34(20-23-12-14-24(31)15-13-23)29(36)21-35(27-18-16-25(32)17-19-27)40(38,39)28-10-6-3-7-11-28/h3,6-7,10-19,22,26H,2,4-5,8-9,20-21H2,1H3,(H,33,37)/t22-/m0/s1. The van der Waals surface area contributed by atoms with Gasteiger partial charge < -0.3 is 10.2 Å². The summed E-state index contributed by atoms with van der Waals surface area (Å²) in [7, 11) is -4.08. The monoisotopic (exact) mass is 693 g/mol. The number of amides is 2. The average molecular weight is 694 g/mol. The maximum absolute atomic E-state index is 14.0. The first kappa shape index (κ1) is 30.3. The molecule has 1 fully saturated rings. The van der Waals surface area contributed by atoms with E-state index in [1.807, 2.05) is 0 Å². The van der Waals surface area contributed by atoms with Crippen molar-refractivity contribution in [1.82, 2.24) is 10.2 Å². The fourth-order valence-electron chi connectivity index (χ4n) is 4.79. The first-order valence-electron chi connectivity index (χ1n) is 13.3. The van der Waals surface area contributed by atoms with E-state index in [4.69, 9.17) is 11.6 Å². The van der Waals surface area contributed by atoms with Gasteiger partial charge in [0.2, 0.25) is 11.8 Å². The van der Waals surface area contributed by atoms with Gasteiger partial charge in [-0.2, -0.15) is 0 Å². The van der Waals surface area contributed by atoms with E-state index in [-0.39, 0.29) is 23.4 Å². The van der Waals surface area contributed by atoms with Crippen molar-refractivity contribution in [2.24, 2.45) is 0 Å². The molecule has 3 aromatic carbocycles. The van der Waals surface area contributed by atoms with Crippen molar-refractivity contribution in [3.05, 3.63) is 93.0 Å². The number of sulfonamides is 1. The average Bonchev–Trinajstić information content (AvgIpc) is 2.96. The zero-order valence-electron chi connectivity index (χ0n) is 22.3. The SMILES string of the molecule is C[C@@H](C(=O)NC1CCCCC1)N(Cc1ccc(Cl)cc1)C(=O)CN(c1ccc(I)cc1)S(=O)(=O)c1ccccc1. The Kier molecular flexibility index (Phi) is 10.5. The Morgan fingerprint density at radius 2 is 1.57 bits per heavy atom. The van der Waals surface area contributed by atoms with E-state index >= 15 is 0 Å². The van der Waals surface area contributed by atoms with Crippen LogP contribution in [0, 0.1) is 3.57 Å². The molecule has 1 aliphatic rings. The van der Waals surface area contributed by atoms with Crippen molar-refractivity contribution in [3.63, 3.8) is 0 Å². The molecule has 0 bridgehead atoms. The van der Waals surface area contributed by atoms with Crippen molar-refractivity contribution in [3.8, 4) is 0 Å². The second-order valence-electron chi connectivity index (χ2n) is 9.97. The van der Waals surface area contributed by atoms with Gasteiger partial charge in [0.05, 0.1) is 10.6 Å². The van der Waals surface area contributed by atoms with Gasteiger partial charge in [0.25, 0.3) is 10.0 Å². The molecule has 40 heavy (non-hydrogen) atoms. The summed E-state index contributed by atoms with van der Waals surface area (Å²) < 4.78 is 29.6. The highest BCUT2D eigenvalue weighted by Crippen LogP contribution is 2.26. The maximum atomic E-state index is 14.0. The Morgan fingerprint density at radius 1 is 0.950 bits per heavy atom. The van der Waals surface area contributed by atoms with Crippen LogP contribution in [-0.2, 0) is 26.2 Å². The third-order valence-electron chi connectivity index (χ3n) is 7.11. The van der Waals surface area contributed by atoms with E-state index in [0.717, 1.165) is 45.5 Å². The molecule has 212 valence electrons. The summed E-state index contributed by atoms with van der Waals surface area (Å²) in [6, 6.07) is 21.3. The van der Waals surface area contributed by atoms with Gasteiger partial charge in [-0.25, -0.2) is 8.42 Å². The zero-order chi connectivity index (χ0) is 28.7. The minimum Gasteiger partial charge on any atom is -0.352 e. The predicted molar refractivity (Wildman–Crippen MR) is 167 cm³/mol. The van der Waals surface area contributed by atoms with Crippen LogP contribution >= 0.6 is 34.2 Å². The van der Waals surface area contributed by atoms with Gasteiger partial charge >= 0.3 is 0 Å². The quantitative estimate of drug-likeness (QED) is 0.264. The number of nitrogens with zero attached hydrogens (tertiary/aromatic N) is 2. The number of hydrogen-bond acceptors (Lipinski definition) is 4. The number of benzene rings is 3. The predicted octanol–water partition coefficient (Wildman–Crippen LogP) is 6.01. The molecule has 1 aliphatic carbocycles. The van der Waals surface area contributed by atoms with Gasteiger partial charge in [0, 0.05) is 21.2 Å². The van der Waals surface area contributed by atoms with E-state index in [9.17, 15) is 18.0 Å². The fourth-order valence-corrected chi connectivity index (χ4v) is 6.71. The Morgan fingerprint density at radius 3 is 2.20 bits per heavy atom. The minimum absolute atomic E-state index is 0.0775. The second kappa shape index (κ2) is 13.8. The number of hydrogen-bond donors (Lipinski definition) is 1. The number of rotatable bonds is 10. The van der Waals surface area contributed by atoms with Gasteiger partial charge in [-0.3, -0.25) is 13.9 Å². The molecule has 3 aromatic rings. The summed E-state index contributed by atoms with van der Waals surface area (Å²) >= 11 is 8.21. The molecule has 1 atom stereocenters. The molecule has 4 rings (SSSR count). The molecule has 1 N–H and O–H groups in total. The lowest BCUT2D eigenvalue weighted by Gasteiger charge is -2.33. The van der Waals surface area contributed by atoms with E-state index in [1.54, 1.807) is 73.7 Å². The highest BCUT2D eigenvalue weighted by Gasteiger charge is 2.33. The molecular formula is C30H33ClIN3O4S. The molecular weight excluding hydrogens is 661 g/mol. The minimum atomic E-state index is -4.08. The van der Waals surface area contributed by atoms with Gasteiger partial charge in [0.15, 0.2) is 0 Å². The normalized spacial score (nSPS) is 14.8. The lowest BCUT2D eigenvalue weighted by molar-refractivity contribution is -0.139. The third kappa shape index (κ3) is 7.76. The van der Waals surface area contributed by atoms with Crippen molar-refractivity contribution in [2.75, 3.05) is 10.8 Å². The van der Waals surface area contributed by atoms with Gasteiger partial charge in [0.1, 0.15) is 12.6 Å². The molecule has 0 aromatic heterocycles. The first-order valence-corrected chi connectivity index (χ1v) is 16.2. The van der Waals surface area contributed by atoms with Crippen LogP contribution < -0.4 is 9.62 Å². The molecule has 1 saturated carbocycles. The van der Waals surface area contributed by atoms with E-state index in [0.29, 0.717) is 10.7 Å². The highest BCUT2D eigenvalue weighted by atomic mass is 127. The Hall–Kier alpha value is -2.63. The summed E-state index contributed by atoms with van der Waals surface area (Å²) in [5.41, 5.74) is 1.14. The topological polar surface area (TPSA) is 86.8 Å². The summed E-state index contributed by atoms with van der Waals surface area (Å²) in [5.74, 6) is -0.736. The van der Waals surface area contributed by atoms with Crippen LogP contribution in [0.4, 0.5) is 5.69 Å². The first-order chi connectivity index (χ1) is 19.1. The summed E-state index contributed by atoms with van der Waals surface area (Å²) in [5, 5.41) is 3.67. The van der Waals surface area contributed by atoms with Crippen molar-refractivity contribution < 1.29 is 18.0 Å². The number of anilines is 1. The van der Waals surface area contributed by atoms with Crippen LogP contribution in [-0.4, -0.2) is 43.8 Å². The number of carbonyl (C=O) groups is 2. The van der Waals surface area contributed by atoms with Gasteiger partial charge in [-0.15, -0.1) is 0 Å². The van der Waals surface area contributed by atoms with Crippen LogP contribution in [0.2, 0.25) is 5.02 Å². The molecule has 2 amide bonds. The maximum Gasteiger partial charge on any atom is 0.264 e. The second-order valence-corrected chi connectivity index (χ2v) is 13.5. The van der Waals surface area contributed by atoms with E-state index in [1.165, 1.54) is 17.0 Å². The molecule has 0 unspecified atom stereocenters. The summed E-state index contributed by atoms with van der Waals surface area (Å²) in [6.07, 6.45) is 5.12. The lowest BCUT2D eigenvalue weighted by Crippen LogP contribution is -2.53. The Bertz CT molecular complexity index is 1400. The van der Waals surface area contributed by atoms with Crippen LogP contribution in [0.25, 0.3) is 0 Å². The van der Waals surface area contributed by atoms with Crippen LogP contribution in [0.3, 0.4) is 0 Å². The van der Waals surface area contributed by atoms with Crippen LogP contribution in [0.5, 0.6) is 0 Å². The van der Waals surface area contributed by atoms with Gasteiger partial charge in [-0.1, -0.05) is 61.2 Å². The number of halogens is 2. The summed E-state index contributed by atoms with van der Waals surface area (Å²) in [6.45, 7) is 1.35.